The molecule has 2 heteroatoms. The van der Waals surface area contributed by atoms with E-state index >= 15 is 0 Å². The summed E-state index contributed by atoms with van der Waals surface area (Å²) in [7, 11) is 0. The Morgan fingerprint density at radius 2 is 1.53 bits per heavy atom. The third-order valence-electron chi connectivity index (χ3n) is 4.15. The monoisotopic (exact) mass is 304 g/mol. The molecule has 1 aliphatic heterocycles. The fourth-order valence-electron chi connectivity index (χ4n) is 2.71. The van der Waals surface area contributed by atoms with Crippen LogP contribution in [0.4, 0.5) is 0 Å². The topological polar surface area (TPSA) is 9.23 Å². The second kappa shape index (κ2) is 9.38. The van der Waals surface area contributed by atoms with E-state index in [-0.39, 0.29) is 0 Å². The van der Waals surface area contributed by atoms with Crippen molar-refractivity contribution in [3.8, 4) is 0 Å². The summed E-state index contributed by atoms with van der Waals surface area (Å²) in [5.41, 5.74) is 0.557. The smallest absolute Gasteiger partial charge is 0.0471 e. The highest BCUT2D eigenvalue weighted by molar-refractivity contribution is 9.09. The Morgan fingerprint density at radius 3 is 2.12 bits per heavy atom. The van der Waals surface area contributed by atoms with Crippen molar-refractivity contribution in [1.29, 1.82) is 0 Å². The van der Waals surface area contributed by atoms with Gasteiger partial charge in [0, 0.05) is 18.5 Å². The summed E-state index contributed by atoms with van der Waals surface area (Å²) in [6.07, 6.45) is 13.9. The summed E-state index contributed by atoms with van der Waals surface area (Å²) >= 11 is 3.72. The van der Waals surface area contributed by atoms with Gasteiger partial charge in [0.05, 0.1) is 0 Å². The summed E-state index contributed by atoms with van der Waals surface area (Å²) < 4.78 is 5.48. The molecule has 0 amide bonds. The zero-order valence-electron chi connectivity index (χ0n) is 11.5. The molecule has 0 bridgehead atoms. The lowest BCUT2D eigenvalue weighted by Gasteiger charge is -2.35. The van der Waals surface area contributed by atoms with Crippen LogP contribution in [0, 0.1) is 5.41 Å². The first-order chi connectivity index (χ1) is 8.33. The average Bonchev–Trinajstić information content (AvgIpc) is 2.39. The first kappa shape index (κ1) is 15.5. The van der Waals surface area contributed by atoms with Crippen LogP contribution in [0.2, 0.25) is 0 Å². The van der Waals surface area contributed by atoms with Crippen LogP contribution in [0.3, 0.4) is 0 Å². The third-order valence-corrected chi connectivity index (χ3v) is 5.34. The van der Waals surface area contributed by atoms with E-state index in [1.165, 1.54) is 69.5 Å². The molecule has 17 heavy (non-hydrogen) atoms. The maximum Gasteiger partial charge on any atom is 0.0471 e. The second-order valence-electron chi connectivity index (χ2n) is 5.62. The predicted octanol–water partition coefficient (Wildman–Crippen LogP) is 5.32. The van der Waals surface area contributed by atoms with Crippen molar-refractivity contribution in [2.45, 2.75) is 71.1 Å². The van der Waals surface area contributed by atoms with Gasteiger partial charge in [-0.3, -0.25) is 0 Å². The molecule has 0 N–H and O–H groups in total. The first-order valence-corrected chi connectivity index (χ1v) is 8.59. The minimum absolute atomic E-state index is 0.557. The number of alkyl halides is 1. The zero-order valence-corrected chi connectivity index (χ0v) is 13.1. The molecule has 1 saturated heterocycles. The Labute approximate surface area is 116 Å². The van der Waals surface area contributed by atoms with E-state index in [0.717, 1.165) is 13.2 Å². The molecule has 1 heterocycles. The zero-order chi connectivity index (χ0) is 12.4. The molecule has 1 rings (SSSR count). The lowest BCUT2D eigenvalue weighted by atomic mass is 9.78. The maximum absolute atomic E-state index is 5.48. The number of ether oxygens (including phenoxy) is 1. The molecule has 0 radical (unpaired) electrons. The fourth-order valence-corrected chi connectivity index (χ4v) is 3.55. The molecule has 0 atom stereocenters. The Hall–Kier alpha value is 0.440. The van der Waals surface area contributed by atoms with Gasteiger partial charge in [0.25, 0.3) is 0 Å². The van der Waals surface area contributed by atoms with Gasteiger partial charge in [0.15, 0.2) is 0 Å². The third kappa shape index (κ3) is 6.24. The van der Waals surface area contributed by atoms with E-state index in [1.54, 1.807) is 0 Å². The van der Waals surface area contributed by atoms with Crippen LogP contribution < -0.4 is 0 Å². The first-order valence-electron chi connectivity index (χ1n) is 7.47. The number of unbranched alkanes of at least 4 members (excludes halogenated alkanes) is 6. The number of halogens is 1. The summed E-state index contributed by atoms with van der Waals surface area (Å²) in [6.45, 7) is 4.23. The highest BCUT2D eigenvalue weighted by Gasteiger charge is 2.30. The maximum atomic E-state index is 5.48. The molecular weight excluding hydrogens is 276 g/mol. The molecule has 102 valence electrons. The molecule has 0 aromatic rings. The molecular formula is C15H29BrO. The molecule has 0 saturated carbocycles. The van der Waals surface area contributed by atoms with Gasteiger partial charge in [-0.25, -0.2) is 0 Å². The number of rotatable bonds is 9. The number of hydrogen-bond donors (Lipinski definition) is 0. The van der Waals surface area contributed by atoms with Gasteiger partial charge in [-0.2, -0.15) is 0 Å². The molecule has 0 unspecified atom stereocenters. The molecule has 1 aliphatic rings. The van der Waals surface area contributed by atoms with Gasteiger partial charge >= 0.3 is 0 Å². The summed E-state index contributed by atoms with van der Waals surface area (Å²) in [4.78, 5) is 0. The van der Waals surface area contributed by atoms with Crippen molar-refractivity contribution in [3.63, 3.8) is 0 Å². The molecule has 0 aliphatic carbocycles. The SMILES string of the molecule is CCCCCCCCCC1(CBr)CCOCC1. The van der Waals surface area contributed by atoms with E-state index in [9.17, 15) is 0 Å². The van der Waals surface area contributed by atoms with Gasteiger partial charge in [0.1, 0.15) is 0 Å². The summed E-state index contributed by atoms with van der Waals surface area (Å²) in [6, 6.07) is 0. The second-order valence-corrected chi connectivity index (χ2v) is 6.18. The quantitative estimate of drug-likeness (QED) is 0.414. The Bertz CT molecular complexity index is 176. The fraction of sp³-hybridized carbons (Fsp3) is 1.00. The van der Waals surface area contributed by atoms with Gasteiger partial charge in [-0.1, -0.05) is 67.8 Å². The lowest BCUT2D eigenvalue weighted by Crippen LogP contribution is -2.31. The van der Waals surface area contributed by atoms with Crippen LogP contribution in [0.25, 0.3) is 0 Å². The van der Waals surface area contributed by atoms with Crippen molar-refractivity contribution < 1.29 is 4.74 Å². The van der Waals surface area contributed by atoms with Crippen LogP contribution in [0.5, 0.6) is 0 Å². The predicted molar refractivity (Wildman–Crippen MR) is 78.9 cm³/mol. The minimum atomic E-state index is 0.557. The van der Waals surface area contributed by atoms with Crippen LogP contribution in [0.1, 0.15) is 71.1 Å². The van der Waals surface area contributed by atoms with E-state index in [4.69, 9.17) is 4.74 Å². The summed E-state index contributed by atoms with van der Waals surface area (Å²) in [5.74, 6) is 0. The largest absolute Gasteiger partial charge is 0.381 e. The van der Waals surface area contributed by atoms with E-state index in [2.05, 4.69) is 22.9 Å². The Balaban J connectivity index is 2.03. The van der Waals surface area contributed by atoms with Crippen molar-refractivity contribution in [2.75, 3.05) is 18.5 Å². The standard InChI is InChI=1S/C15H29BrO/c1-2-3-4-5-6-7-8-9-15(14-16)10-12-17-13-11-15/h2-14H2,1H3. The van der Waals surface area contributed by atoms with Gasteiger partial charge < -0.3 is 4.74 Å². The van der Waals surface area contributed by atoms with Crippen LogP contribution in [-0.4, -0.2) is 18.5 Å². The van der Waals surface area contributed by atoms with Crippen molar-refractivity contribution >= 4 is 15.9 Å². The Kier molecular flexibility index (Phi) is 8.55. The normalized spacial score (nSPS) is 19.4. The van der Waals surface area contributed by atoms with Crippen molar-refractivity contribution in [2.24, 2.45) is 5.41 Å². The molecule has 1 nitrogen and oxygen atoms in total. The summed E-state index contributed by atoms with van der Waals surface area (Å²) in [5, 5.41) is 1.17. The number of hydrogen-bond acceptors (Lipinski definition) is 1. The Morgan fingerprint density at radius 1 is 0.941 bits per heavy atom. The van der Waals surface area contributed by atoms with Gasteiger partial charge in [0.2, 0.25) is 0 Å². The van der Waals surface area contributed by atoms with Gasteiger partial charge in [-0.15, -0.1) is 0 Å². The average molecular weight is 305 g/mol. The lowest BCUT2D eigenvalue weighted by molar-refractivity contribution is 0.0216. The van der Waals surface area contributed by atoms with Crippen LogP contribution >= 0.6 is 15.9 Å². The minimum Gasteiger partial charge on any atom is -0.381 e. The van der Waals surface area contributed by atoms with Crippen LogP contribution in [-0.2, 0) is 4.74 Å². The molecule has 1 fully saturated rings. The highest BCUT2D eigenvalue weighted by Crippen LogP contribution is 2.37. The molecule has 0 aromatic heterocycles. The van der Waals surface area contributed by atoms with E-state index < -0.39 is 0 Å². The van der Waals surface area contributed by atoms with E-state index in [1.807, 2.05) is 0 Å². The van der Waals surface area contributed by atoms with E-state index in [0.29, 0.717) is 5.41 Å². The molecule has 0 spiro atoms. The van der Waals surface area contributed by atoms with Crippen molar-refractivity contribution in [1.82, 2.24) is 0 Å². The van der Waals surface area contributed by atoms with Crippen molar-refractivity contribution in [3.05, 3.63) is 0 Å². The molecule has 0 aromatic carbocycles. The highest BCUT2D eigenvalue weighted by atomic mass is 79.9. The van der Waals surface area contributed by atoms with Gasteiger partial charge in [-0.05, 0) is 24.7 Å². The van der Waals surface area contributed by atoms with Crippen LogP contribution in [0.15, 0.2) is 0 Å².